The number of carbonyl (C=O) groups is 1. The van der Waals surface area contributed by atoms with Gasteiger partial charge in [-0.25, -0.2) is 0 Å². The SMILES string of the molecule is COc1ccc(C(C)NC(=O)CCc2ccc(Cl)cc2)cc1. The van der Waals surface area contributed by atoms with Crippen molar-refractivity contribution >= 4 is 17.5 Å². The number of ether oxygens (including phenoxy) is 1. The molecular formula is C18H20ClNO2. The highest BCUT2D eigenvalue weighted by atomic mass is 35.5. The molecule has 0 aliphatic rings. The maximum absolute atomic E-state index is 12.0. The zero-order valence-electron chi connectivity index (χ0n) is 12.8. The molecule has 0 fully saturated rings. The molecule has 1 amide bonds. The van der Waals surface area contributed by atoms with Crippen LogP contribution >= 0.6 is 11.6 Å². The van der Waals surface area contributed by atoms with Gasteiger partial charge in [-0.15, -0.1) is 0 Å². The summed E-state index contributed by atoms with van der Waals surface area (Å²) < 4.78 is 5.13. The Balaban J connectivity index is 1.83. The Labute approximate surface area is 136 Å². The zero-order valence-corrected chi connectivity index (χ0v) is 13.6. The molecule has 0 spiro atoms. The lowest BCUT2D eigenvalue weighted by molar-refractivity contribution is -0.121. The monoisotopic (exact) mass is 317 g/mol. The Morgan fingerprint density at radius 3 is 2.36 bits per heavy atom. The molecule has 4 heteroatoms. The summed E-state index contributed by atoms with van der Waals surface area (Å²) in [4.78, 5) is 12.0. The average molecular weight is 318 g/mol. The topological polar surface area (TPSA) is 38.3 Å². The predicted molar refractivity (Wildman–Crippen MR) is 89.3 cm³/mol. The minimum absolute atomic E-state index is 0.0244. The van der Waals surface area contributed by atoms with Gasteiger partial charge in [-0.05, 0) is 48.7 Å². The fourth-order valence-corrected chi connectivity index (χ4v) is 2.32. The standard InChI is InChI=1S/C18H20ClNO2/c1-13(15-6-10-17(22-2)11-7-15)20-18(21)12-5-14-3-8-16(19)9-4-14/h3-4,6-11,13H,5,12H2,1-2H3,(H,20,21). The molecule has 0 saturated heterocycles. The quantitative estimate of drug-likeness (QED) is 0.868. The maximum atomic E-state index is 12.0. The van der Waals surface area contributed by atoms with E-state index in [2.05, 4.69) is 5.32 Å². The van der Waals surface area contributed by atoms with Crippen molar-refractivity contribution in [2.24, 2.45) is 0 Å². The van der Waals surface area contributed by atoms with Gasteiger partial charge in [0.05, 0.1) is 13.2 Å². The molecule has 1 N–H and O–H groups in total. The molecule has 0 bridgehead atoms. The molecule has 0 radical (unpaired) electrons. The Hall–Kier alpha value is -2.00. The number of aryl methyl sites for hydroxylation is 1. The van der Waals surface area contributed by atoms with Crippen molar-refractivity contribution < 1.29 is 9.53 Å². The van der Waals surface area contributed by atoms with Gasteiger partial charge < -0.3 is 10.1 Å². The van der Waals surface area contributed by atoms with Crippen molar-refractivity contribution in [3.8, 4) is 5.75 Å². The van der Waals surface area contributed by atoms with E-state index in [1.54, 1.807) is 7.11 Å². The van der Waals surface area contributed by atoms with Crippen molar-refractivity contribution in [1.82, 2.24) is 5.32 Å². The third kappa shape index (κ3) is 4.78. The number of methoxy groups -OCH3 is 1. The van der Waals surface area contributed by atoms with E-state index in [0.29, 0.717) is 17.9 Å². The number of amides is 1. The predicted octanol–water partition coefficient (Wildman–Crippen LogP) is 4.16. The van der Waals surface area contributed by atoms with Crippen LogP contribution in [0.4, 0.5) is 0 Å². The summed E-state index contributed by atoms with van der Waals surface area (Å²) in [5.74, 6) is 0.850. The number of halogens is 1. The molecule has 3 nitrogen and oxygen atoms in total. The number of benzene rings is 2. The first-order valence-corrected chi connectivity index (χ1v) is 7.64. The summed E-state index contributed by atoms with van der Waals surface area (Å²) in [6, 6.07) is 15.3. The van der Waals surface area contributed by atoms with Crippen LogP contribution in [0.2, 0.25) is 5.02 Å². The van der Waals surface area contributed by atoms with Gasteiger partial charge in [0.25, 0.3) is 0 Å². The van der Waals surface area contributed by atoms with E-state index in [-0.39, 0.29) is 11.9 Å². The minimum atomic E-state index is -0.0244. The van der Waals surface area contributed by atoms with Crippen molar-refractivity contribution in [3.63, 3.8) is 0 Å². The molecule has 116 valence electrons. The Morgan fingerprint density at radius 2 is 1.77 bits per heavy atom. The summed E-state index contributed by atoms with van der Waals surface area (Å²) in [6.45, 7) is 1.97. The lowest BCUT2D eigenvalue weighted by Gasteiger charge is -2.15. The number of carbonyl (C=O) groups excluding carboxylic acids is 1. The first kappa shape index (κ1) is 16.4. The fraction of sp³-hybridized carbons (Fsp3) is 0.278. The number of hydrogen-bond donors (Lipinski definition) is 1. The van der Waals surface area contributed by atoms with Gasteiger partial charge >= 0.3 is 0 Å². The second kappa shape index (κ2) is 7.85. The summed E-state index contributed by atoms with van der Waals surface area (Å²) in [5.41, 5.74) is 2.16. The summed E-state index contributed by atoms with van der Waals surface area (Å²) in [7, 11) is 1.64. The van der Waals surface area contributed by atoms with Crippen molar-refractivity contribution in [1.29, 1.82) is 0 Å². The first-order chi connectivity index (χ1) is 10.6. The highest BCUT2D eigenvalue weighted by Crippen LogP contribution is 2.17. The van der Waals surface area contributed by atoms with Gasteiger partial charge in [0.15, 0.2) is 0 Å². The van der Waals surface area contributed by atoms with Crippen LogP contribution in [0.5, 0.6) is 5.75 Å². The van der Waals surface area contributed by atoms with Crippen LogP contribution in [0.25, 0.3) is 0 Å². The van der Waals surface area contributed by atoms with Crippen molar-refractivity contribution in [3.05, 3.63) is 64.7 Å². The summed E-state index contributed by atoms with van der Waals surface area (Å²) >= 11 is 5.84. The third-order valence-corrected chi connectivity index (χ3v) is 3.80. The molecule has 2 aromatic rings. The van der Waals surface area contributed by atoms with E-state index >= 15 is 0 Å². The number of nitrogens with one attached hydrogen (secondary N) is 1. The lowest BCUT2D eigenvalue weighted by atomic mass is 10.1. The highest BCUT2D eigenvalue weighted by Gasteiger charge is 2.09. The Kier molecular flexibility index (Phi) is 5.84. The van der Waals surface area contributed by atoms with Gasteiger partial charge in [-0.2, -0.15) is 0 Å². The van der Waals surface area contributed by atoms with Crippen LogP contribution < -0.4 is 10.1 Å². The van der Waals surface area contributed by atoms with Crippen LogP contribution in [0.3, 0.4) is 0 Å². The fourth-order valence-electron chi connectivity index (χ4n) is 2.20. The molecule has 0 aliphatic heterocycles. The van der Waals surface area contributed by atoms with E-state index < -0.39 is 0 Å². The van der Waals surface area contributed by atoms with Crippen LogP contribution in [0.15, 0.2) is 48.5 Å². The van der Waals surface area contributed by atoms with Gasteiger partial charge in [-0.1, -0.05) is 35.9 Å². The van der Waals surface area contributed by atoms with E-state index in [1.807, 2.05) is 55.5 Å². The number of rotatable bonds is 6. The van der Waals surface area contributed by atoms with Crippen molar-refractivity contribution in [2.45, 2.75) is 25.8 Å². The van der Waals surface area contributed by atoms with Gasteiger partial charge in [0, 0.05) is 11.4 Å². The molecule has 1 unspecified atom stereocenters. The molecule has 2 aromatic carbocycles. The third-order valence-electron chi connectivity index (χ3n) is 3.55. The second-order valence-electron chi connectivity index (χ2n) is 5.19. The molecule has 22 heavy (non-hydrogen) atoms. The van der Waals surface area contributed by atoms with E-state index in [9.17, 15) is 4.79 Å². The second-order valence-corrected chi connectivity index (χ2v) is 5.63. The van der Waals surface area contributed by atoms with Crippen LogP contribution in [-0.4, -0.2) is 13.0 Å². The molecule has 1 atom stereocenters. The van der Waals surface area contributed by atoms with E-state index in [4.69, 9.17) is 16.3 Å². The van der Waals surface area contributed by atoms with E-state index in [0.717, 1.165) is 16.9 Å². The smallest absolute Gasteiger partial charge is 0.220 e. The van der Waals surface area contributed by atoms with Gasteiger partial charge in [0.2, 0.25) is 5.91 Å². The molecule has 0 aliphatic carbocycles. The lowest BCUT2D eigenvalue weighted by Crippen LogP contribution is -2.26. The van der Waals surface area contributed by atoms with Gasteiger partial charge in [-0.3, -0.25) is 4.79 Å². The molecule has 2 rings (SSSR count). The summed E-state index contributed by atoms with van der Waals surface area (Å²) in [6.07, 6.45) is 1.17. The van der Waals surface area contributed by atoms with Crippen LogP contribution in [0, 0.1) is 0 Å². The first-order valence-electron chi connectivity index (χ1n) is 7.26. The average Bonchev–Trinajstić information content (AvgIpc) is 2.54. The van der Waals surface area contributed by atoms with Crippen molar-refractivity contribution in [2.75, 3.05) is 7.11 Å². The number of hydrogen-bond acceptors (Lipinski definition) is 2. The van der Waals surface area contributed by atoms with Crippen LogP contribution in [-0.2, 0) is 11.2 Å². The maximum Gasteiger partial charge on any atom is 0.220 e. The summed E-state index contributed by atoms with van der Waals surface area (Å²) in [5, 5.41) is 3.72. The highest BCUT2D eigenvalue weighted by molar-refractivity contribution is 6.30. The molecular weight excluding hydrogens is 298 g/mol. The minimum Gasteiger partial charge on any atom is -0.497 e. The molecule has 0 aromatic heterocycles. The van der Waals surface area contributed by atoms with E-state index in [1.165, 1.54) is 0 Å². The Bertz CT molecular complexity index is 608. The van der Waals surface area contributed by atoms with Crippen LogP contribution in [0.1, 0.15) is 30.5 Å². The largest absolute Gasteiger partial charge is 0.497 e. The van der Waals surface area contributed by atoms with Gasteiger partial charge in [0.1, 0.15) is 5.75 Å². The normalized spacial score (nSPS) is 11.8. The Morgan fingerprint density at radius 1 is 1.14 bits per heavy atom. The molecule has 0 saturated carbocycles. The molecule has 0 heterocycles. The zero-order chi connectivity index (χ0) is 15.9.